The Kier molecular flexibility index (Phi) is 5.10. The van der Waals surface area contributed by atoms with Crippen molar-refractivity contribution in [2.45, 2.75) is 45.6 Å². The van der Waals surface area contributed by atoms with Gasteiger partial charge >= 0.3 is 0 Å². The van der Waals surface area contributed by atoms with E-state index in [0.717, 1.165) is 24.1 Å². The quantitative estimate of drug-likeness (QED) is 0.811. The van der Waals surface area contributed by atoms with E-state index in [1.807, 2.05) is 0 Å². The average Bonchev–Trinajstić information content (AvgIpc) is 2.99. The molecule has 29 heavy (non-hydrogen) atoms. The lowest BCUT2D eigenvalue weighted by Crippen LogP contribution is -2.37. The van der Waals surface area contributed by atoms with Gasteiger partial charge in [-0.2, -0.15) is 0 Å². The van der Waals surface area contributed by atoms with Gasteiger partial charge in [0.2, 0.25) is 5.91 Å². The van der Waals surface area contributed by atoms with Crippen molar-refractivity contribution in [2.75, 3.05) is 11.5 Å². The lowest BCUT2D eigenvalue weighted by atomic mass is 9.74. The summed E-state index contributed by atoms with van der Waals surface area (Å²) in [7, 11) is -2.98. The second kappa shape index (κ2) is 7.44. The molecule has 1 aliphatic carbocycles. The molecule has 1 saturated heterocycles. The molecule has 4 rings (SSSR count). The van der Waals surface area contributed by atoms with Crippen LogP contribution in [0.1, 0.15) is 50.4 Å². The summed E-state index contributed by atoms with van der Waals surface area (Å²) in [5.41, 5.74) is 2.41. The molecule has 2 aromatic heterocycles. The number of carbonyl (C=O) groups is 1. The van der Waals surface area contributed by atoms with Crippen molar-refractivity contribution < 1.29 is 13.2 Å². The average molecular weight is 416 g/mol. The first-order chi connectivity index (χ1) is 13.7. The normalized spacial score (nSPS) is 24.6. The topological polar surface area (TPSA) is 115 Å². The van der Waals surface area contributed by atoms with Crippen molar-refractivity contribution in [3.63, 3.8) is 0 Å². The second-order valence-corrected chi connectivity index (χ2v) is 11.1. The summed E-state index contributed by atoms with van der Waals surface area (Å²) in [6.45, 7) is 4.31. The minimum atomic E-state index is -2.98. The Morgan fingerprint density at radius 1 is 1.24 bits per heavy atom. The molecule has 0 spiro atoms. The van der Waals surface area contributed by atoms with Crippen LogP contribution in [0, 0.1) is 11.3 Å². The zero-order valence-electron chi connectivity index (χ0n) is 16.6. The van der Waals surface area contributed by atoms with Gasteiger partial charge in [-0.05, 0) is 30.6 Å². The molecule has 1 fully saturated rings. The molecule has 9 heteroatoms. The van der Waals surface area contributed by atoms with Gasteiger partial charge in [0.1, 0.15) is 5.69 Å². The Morgan fingerprint density at radius 2 is 2.07 bits per heavy atom. The van der Waals surface area contributed by atoms with E-state index in [2.05, 4.69) is 34.1 Å². The summed E-state index contributed by atoms with van der Waals surface area (Å²) in [4.78, 5) is 30.1. The summed E-state index contributed by atoms with van der Waals surface area (Å²) in [6.07, 6.45) is 8.97. The van der Waals surface area contributed by atoms with Gasteiger partial charge in [-0.1, -0.05) is 13.8 Å². The van der Waals surface area contributed by atoms with Crippen molar-refractivity contribution in [3.05, 3.63) is 36.0 Å². The van der Waals surface area contributed by atoms with Crippen LogP contribution >= 0.6 is 0 Å². The fraction of sp³-hybridized carbons (Fsp3) is 0.550. The first-order valence-corrected chi connectivity index (χ1v) is 11.6. The second-order valence-electron chi connectivity index (χ2n) is 8.82. The minimum Gasteiger partial charge on any atom is -0.349 e. The third-order valence-corrected chi connectivity index (χ3v) is 7.44. The maximum absolute atomic E-state index is 12.6. The van der Waals surface area contributed by atoms with Crippen molar-refractivity contribution in [1.82, 2.24) is 25.3 Å². The first-order valence-electron chi connectivity index (χ1n) is 9.83. The molecule has 1 amide bonds. The van der Waals surface area contributed by atoms with Crippen LogP contribution in [0.3, 0.4) is 0 Å². The van der Waals surface area contributed by atoms with Gasteiger partial charge in [-0.15, -0.1) is 0 Å². The number of carbonyl (C=O) groups excluding carboxylic acids is 1. The highest BCUT2D eigenvalue weighted by Gasteiger charge is 2.36. The number of aromatic nitrogens is 4. The third-order valence-electron chi connectivity index (χ3n) is 5.61. The minimum absolute atomic E-state index is 0.0321. The number of hydrogen-bond acceptors (Lipinski definition) is 7. The van der Waals surface area contributed by atoms with Gasteiger partial charge in [-0.3, -0.25) is 9.78 Å². The highest BCUT2D eigenvalue weighted by molar-refractivity contribution is 7.91. The highest BCUT2D eigenvalue weighted by atomic mass is 32.2. The van der Waals surface area contributed by atoms with Crippen molar-refractivity contribution >= 4 is 15.7 Å². The monoisotopic (exact) mass is 415 g/mol. The van der Waals surface area contributed by atoms with Crippen LogP contribution in [-0.2, 0) is 21.1 Å². The molecule has 1 N–H and O–H groups in total. The Bertz CT molecular complexity index is 1020. The van der Waals surface area contributed by atoms with Crippen LogP contribution in [0.5, 0.6) is 0 Å². The fourth-order valence-corrected chi connectivity index (χ4v) is 6.12. The Labute approximate surface area is 170 Å². The number of rotatable bonds is 4. The summed E-state index contributed by atoms with van der Waals surface area (Å²) < 4.78 is 23.3. The van der Waals surface area contributed by atoms with Gasteiger partial charge < -0.3 is 5.32 Å². The summed E-state index contributed by atoms with van der Waals surface area (Å²) in [5.74, 6) is 0.613. The van der Waals surface area contributed by atoms with E-state index in [4.69, 9.17) is 4.98 Å². The zero-order valence-corrected chi connectivity index (χ0v) is 17.4. The predicted octanol–water partition coefficient (Wildman–Crippen LogP) is 1.89. The van der Waals surface area contributed by atoms with E-state index in [0.29, 0.717) is 17.9 Å². The molecule has 2 atom stereocenters. The molecule has 3 heterocycles. The van der Waals surface area contributed by atoms with Crippen LogP contribution in [0.2, 0.25) is 0 Å². The number of amides is 1. The summed E-state index contributed by atoms with van der Waals surface area (Å²) in [6, 6.07) is -0.185. The lowest BCUT2D eigenvalue weighted by molar-refractivity contribution is -0.122. The van der Waals surface area contributed by atoms with E-state index < -0.39 is 9.84 Å². The smallest absolute Gasteiger partial charge is 0.220 e. The van der Waals surface area contributed by atoms with Crippen LogP contribution in [-0.4, -0.2) is 45.8 Å². The fourth-order valence-electron chi connectivity index (χ4n) is 4.26. The van der Waals surface area contributed by atoms with E-state index in [-0.39, 0.29) is 41.2 Å². The molecule has 0 radical (unpaired) electrons. The summed E-state index contributed by atoms with van der Waals surface area (Å²) in [5, 5.41) is 3.10. The molecule has 0 aromatic carbocycles. The van der Waals surface area contributed by atoms with Crippen LogP contribution in [0.4, 0.5) is 0 Å². The molecule has 154 valence electrons. The molecule has 1 aliphatic heterocycles. The molecular weight excluding hydrogens is 390 g/mol. The van der Waals surface area contributed by atoms with Gasteiger partial charge in [0.25, 0.3) is 0 Å². The number of hydrogen-bond donors (Lipinski definition) is 1. The van der Waals surface area contributed by atoms with Crippen molar-refractivity contribution in [3.8, 4) is 11.5 Å². The zero-order chi connectivity index (χ0) is 20.6. The Hall–Kier alpha value is -2.42. The number of nitrogens with zero attached hydrogens (tertiary/aromatic N) is 4. The molecule has 0 bridgehead atoms. The lowest BCUT2D eigenvalue weighted by Gasteiger charge is -2.36. The molecular formula is C20H25N5O3S. The van der Waals surface area contributed by atoms with Gasteiger partial charge in [0.15, 0.2) is 15.7 Å². The highest BCUT2D eigenvalue weighted by Crippen LogP contribution is 2.40. The molecule has 0 unspecified atom stereocenters. The first kappa shape index (κ1) is 19.9. The van der Waals surface area contributed by atoms with E-state index in [9.17, 15) is 13.2 Å². The standard InChI is InChI=1S/C20H25N5O3S/c1-20(2)8-15(24-18(26)7-13-3-6-29(27,28)12-13)14-10-23-19(25-16(14)9-20)17-11-21-4-5-22-17/h4-5,10-11,13,15H,3,6-9,12H2,1-2H3,(H,24,26)/t13-,15+/m0/s1. The molecule has 2 aliphatic rings. The van der Waals surface area contributed by atoms with Gasteiger partial charge in [0.05, 0.1) is 29.4 Å². The van der Waals surface area contributed by atoms with Gasteiger partial charge in [-0.25, -0.2) is 23.4 Å². The summed E-state index contributed by atoms with van der Waals surface area (Å²) >= 11 is 0. The van der Waals surface area contributed by atoms with Crippen molar-refractivity contribution in [2.24, 2.45) is 11.3 Å². The van der Waals surface area contributed by atoms with E-state index in [1.165, 1.54) is 0 Å². The maximum atomic E-state index is 12.6. The van der Waals surface area contributed by atoms with Crippen LogP contribution in [0.25, 0.3) is 11.5 Å². The number of fused-ring (bicyclic) bond motifs is 1. The Morgan fingerprint density at radius 3 is 2.76 bits per heavy atom. The largest absolute Gasteiger partial charge is 0.349 e. The van der Waals surface area contributed by atoms with Crippen LogP contribution < -0.4 is 5.32 Å². The van der Waals surface area contributed by atoms with Crippen LogP contribution in [0.15, 0.2) is 24.8 Å². The van der Waals surface area contributed by atoms with E-state index in [1.54, 1.807) is 24.8 Å². The third kappa shape index (κ3) is 4.60. The maximum Gasteiger partial charge on any atom is 0.220 e. The number of sulfone groups is 1. The van der Waals surface area contributed by atoms with Crippen molar-refractivity contribution in [1.29, 1.82) is 0 Å². The SMILES string of the molecule is CC1(C)Cc2nc(-c3cnccn3)ncc2[C@H](NC(=O)C[C@@H]2CCS(=O)(=O)C2)C1. The van der Waals surface area contributed by atoms with E-state index >= 15 is 0 Å². The molecule has 2 aromatic rings. The molecule has 8 nitrogen and oxygen atoms in total. The Balaban J connectivity index is 1.53. The predicted molar refractivity (Wildman–Crippen MR) is 107 cm³/mol. The van der Waals surface area contributed by atoms with Gasteiger partial charge in [0, 0.05) is 30.6 Å². The molecule has 0 saturated carbocycles. The number of nitrogens with one attached hydrogen (secondary N) is 1.